The molecule has 2 fully saturated rings. The van der Waals surface area contributed by atoms with Crippen molar-refractivity contribution in [1.29, 1.82) is 0 Å². The minimum Gasteiger partial charge on any atom is -0.359 e. The summed E-state index contributed by atoms with van der Waals surface area (Å²) in [6.07, 6.45) is 5.93. The van der Waals surface area contributed by atoms with Crippen LogP contribution in [-0.4, -0.2) is 42.4 Å². The molecular formula is C13H26N2O. The predicted molar refractivity (Wildman–Crippen MR) is 66.4 cm³/mol. The van der Waals surface area contributed by atoms with Crippen LogP contribution in [0.5, 0.6) is 0 Å². The highest BCUT2D eigenvalue weighted by Gasteiger charge is 2.30. The summed E-state index contributed by atoms with van der Waals surface area (Å²) in [5.41, 5.74) is 0. The van der Waals surface area contributed by atoms with Gasteiger partial charge in [-0.15, -0.1) is 0 Å². The van der Waals surface area contributed by atoms with Gasteiger partial charge in [-0.1, -0.05) is 6.42 Å². The Morgan fingerprint density at radius 3 is 2.81 bits per heavy atom. The maximum absolute atomic E-state index is 5.85. The van der Waals surface area contributed by atoms with Crippen LogP contribution >= 0.6 is 0 Å². The van der Waals surface area contributed by atoms with Crippen LogP contribution in [-0.2, 0) is 4.74 Å². The SMILES string of the molecule is CC1CNC(CC2CCCCN2C(C)C)O1. The molecule has 3 heteroatoms. The first-order valence-corrected chi connectivity index (χ1v) is 6.81. The standard InChI is InChI=1S/C13H26N2O/c1-10(2)15-7-5-4-6-12(15)8-13-14-9-11(3)16-13/h10-14H,4-9H2,1-3H3. The lowest BCUT2D eigenvalue weighted by molar-refractivity contribution is 0.00981. The summed E-state index contributed by atoms with van der Waals surface area (Å²) >= 11 is 0. The number of hydrogen-bond donors (Lipinski definition) is 1. The molecule has 2 aliphatic rings. The van der Waals surface area contributed by atoms with E-state index in [2.05, 4.69) is 31.0 Å². The maximum Gasteiger partial charge on any atom is 0.110 e. The number of likely N-dealkylation sites (tertiary alicyclic amines) is 1. The Bertz CT molecular complexity index is 220. The average Bonchev–Trinajstić information content (AvgIpc) is 2.64. The molecule has 0 amide bonds. The van der Waals surface area contributed by atoms with Gasteiger partial charge in [0.1, 0.15) is 6.23 Å². The molecular weight excluding hydrogens is 200 g/mol. The molecule has 2 saturated heterocycles. The third-order valence-corrected chi connectivity index (χ3v) is 3.85. The number of piperidine rings is 1. The minimum absolute atomic E-state index is 0.291. The molecule has 0 aromatic carbocycles. The van der Waals surface area contributed by atoms with Gasteiger partial charge >= 0.3 is 0 Å². The maximum atomic E-state index is 5.85. The van der Waals surface area contributed by atoms with E-state index >= 15 is 0 Å². The molecule has 3 nitrogen and oxygen atoms in total. The fourth-order valence-electron chi connectivity index (χ4n) is 3.02. The second-order valence-electron chi connectivity index (χ2n) is 5.56. The second kappa shape index (κ2) is 5.48. The van der Waals surface area contributed by atoms with Crippen molar-refractivity contribution < 1.29 is 4.74 Å². The first-order valence-electron chi connectivity index (χ1n) is 6.81. The van der Waals surface area contributed by atoms with Crippen molar-refractivity contribution in [2.45, 2.75) is 70.9 Å². The molecule has 3 atom stereocenters. The fourth-order valence-corrected chi connectivity index (χ4v) is 3.02. The molecule has 0 radical (unpaired) electrons. The highest BCUT2D eigenvalue weighted by Crippen LogP contribution is 2.24. The van der Waals surface area contributed by atoms with Crippen LogP contribution in [0.2, 0.25) is 0 Å². The van der Waals surface area contributed by atoms with E-state index in [0.29, 0.717) is 18.4 Å². The lowest BCUT2D eigenvalue weighted by Crippen LogP contribution is -2.46. The van der Waals surface area contributed by atoms with Crippen molar-refractivity contribution in [3.63, 3.8) is 0 Å². The van der Waals surface area contributed by atoms with Crippen molar-refractivity contribution >= 4 is 0 Å². The van der Waals surface area contributed by atoms with Gasteiger partial charge in [-0.25, -0.2) is 0 Å². The molecule has 1 N–H and O–H groups in total. The predicted octanol–water partition coefficient (Wildman–Crippen LogP) is 1.97. The molecule has 0 bridgehead atoms. The summed E-state index contributed by atoms with van der Waals surface area (Å²) in [5.74, 6) is 0. The van der Waals surface area contributed by atoms with Crippen molar-refractivity contribution in [3.8, 4) is 0 Å². The zero-order valence-electron chi connectivity index (χ0n) is 10.9. The minimum atomic E-state index is 0.291. The van der Waals surface area contributed by atoms with E-state index in [1.165, 1.54) is 25.8 Å². The van der Waals surface area contributed by atoms with Crippen LogP contribution in [0.4, 0.5) is 0 Å². The van der Waals surface area contributed by atoms with Gasteiger partial charge in [0.05, 0.1) is 6.10 Å². The smallest absolute Gasteiger partial charge is 0.110 e. The first kappa shape index (κ1) is 12.3. The molecule has 0 spiro atoms. The lowest BCUT2D eigenvalue weighted by atomic mass is 9.97. The molecule has 3 unspecified atom stereocenters. The second-order valence-corrected chi connectivity index (χ2v) is 5.56. The van der Waals surface area contributed by atoms with Crippen molar-refractivity contribution in [2.24, 2.45) is 0 Å². The highest BCUT2D eigenvalue weighted by molar-refractivity contribution is 4.83. The molecule has 2 rings (SSSR count). The number of ether oxygens (including phenoxy) is 1. The molecule has 0 aromatic heterocycles. The zero-order chi connectivity index (χ0) is 11.5. The lowest BCUT2D eigenvalue weighted by Gasteiger charge is -2.39. The number of hydrogen-bond acceptors (Lipinski definition) is 3. The Balaban J connectivity index is 1.86. The zero-order valence-corrected chi connectivity index (χ0v) is 10.9. The monoisotopic (exact) mass is 226 g/mol. The fraction of sp³-hybridized carbons (Fsp3) is 1.00. The summed E-state index contributed by atoms with van der Waals surface area (Å²) < 4.78 is 5.85. The topological polar surface area (TPSA) is 24.5 Å². The van der Waals surface area contributed by atoms with E-state index in [9.17, 15) is 0 Å². The van der Waals surface area contributed by atoms with E-state index < -0.39 is 0 Å². The molecule has 2 heterocycles. The Kier molecular flexibility index (Phi) is 4.22. The number of nitrogens with one attached hydrogen (secondary N) is 1. The van der Waals surface area contributed by atoms with Crippen LogP contribution in [0.3, 0.4) is 0 Å². The van der Waals surface area contributed by atoms with Crippen LogP contribution in [0.25, 0.3) is 0 Å². The van der Waals surface area contributed by atoms with E-state index in [1.807, 2.05) is 0 Å². The Morgan fingerprint density at radius 1 is 1.38 bits per heavy atom. The van der Waals surface area contributed by atoms with Crippen LogP contribution in [0, 0.1) is 0 Å². The summed E-state index contributed by atoms with van der Waals surface area (Å²) in [6.45, 7) is 9.05. The average molecular weight is 226 g/mol. The quantitative estimate of drug-likeness (QED) is 0.796. The molecule has 0 saturated carbocycles. The van der Waals surface area contributed by atoms with Gasteiger partial charge in [-0.05, 0) is 40.2 Å². The van der Waals surface area contributed by atoms with Crippen LogP contribution in [0.1, 0.15) is 46.5 Å². The first-order chi connectivity index (χ1) is 7.66. The van der Waals surface area contributed by atoms with Gasteiger partial charge in [0.15, 0.2) is 0 Å². The Morgan fingerprint density at radius 2 is 2.19 bits per heavy atom. The summed E-state index contributed by atoms with van der Waals surface area (Å²) in [6, 6.07) is 1.39. The number of nitrogens with zero attached hydrogens (tertiary/aromatic N) is 1. The highest BCUT2D eigenvalue weighted by atomic mass is 16.5. The van der Waals surface area contributed by atoms with Crippen LogP contribution < -0.4 is 5.32 Å². The van der Waals surface area contributed by atoms with Gasteiger partial charge in [-0.2, -0.15) is 0 Å². The normalized spacial score (nSPS) is 37.1. The third kappa shape index (κ3) is 2.96. The van der Waals surface area contributed by atoms with E-state index in [4.69, 9.17) is 4.74 Å². The van der Waals surface area contributed by atoms with Gasteiger partial charge in [0, 0.05) is 25.0 Å². The Labute approximate surface area is 99.5 Å². The summed E-state index contributed by atoms with van der Waals surface area (Å²) in [7, 11) is 0. The molecule has 16 heavy (non-hydrogen) atoms. The molecule has 94 valence electrons. The summed E-state index contributed by atoms with van der Waals surface area (Å²) in [5, 5.41) is 3.46. The van der Waals surface area contributed by atoms with Crippen molar-refractivity contribution in [3.05, 3.63) is 0 Å². The Hall–Kier alpha value is -0.120. The molecule has 0 aromatic rings. The van der Waals surface area contributed by atoms with E-state index in [-0.39, 0.29) is 0 Å². The van der Waals surface area contributed by atoms with Gasteiger partial charge in [0.25, 0.3) is 0 Å². The van der Waals surface area contributed by atoms with Crippen LogP contribution in [0.15, 0.2) is 0 Å². The third-order valence-electron chi connectivity index (χ3n) is 3.85. The van der Waals surface area contributed by atoms with E-state index in [0.717, 1.165) is 19.0 Å². The van der Waals surface area contributed by atoms with Crippen molar-refractivity contribution in [2.75, 3.05) is 13.1 Å². The summed E-state index contributed by atoms with van der Waals surface area (Å²) in [4.78, 5) is 2.65. The van der Waals surface area contributed by atoms with Gasteiger partial charge in [-0.3, -0.25) is 10.2 Å². The van der Waals surface area contributed by atoms with E-state index in [1.54, 1.807) is 0 Å². The van der Waals surface area contributed by atoms with Crippen molar-refractivity contribution in [1.82, 2.24) is 10.2 Å². The largest absolute Gasteiger partial charge is 0.359 e. The molecule has 0 aliphatic carbocycles. The van der Waals surface area contributed by atoms with Gasteiger partial charge in [0.2, 0.25) is 0 Å². The number of rotatable bonds is 3. The molecule has 2 aliphatic heterocycles. The van der Waals surface area contributed by atoms with Gasteiger partial charge < -0.3 is 4.74 Å².